The van der Waals surface area contributed by atoms with Crippen LogP contribution in [0.4, 0.5) is 0 Å². The van der Waals surface area contributed by atoms with Crippen molar-refractivity contribution in [2.75, 3.05) is 26.3 Å². The number of hydrogen-bond acceptors (Lipinski definition) is 6. The third-order valence-corrected chi connectivity index (χ3v) is 4.64. The van der Waals surface area contributed by atoms with Crippen LogP contribution in [0.15, 0.2) is 12.7 Å². The molecule has 2 aliphatic rings. The van der Waals surface area contributed by atoms with E-state index in [-0.39, 0.29) is 12.4 Å². The number of hydrogen-bond donors (Lipinski definition) is 2. The molecule has 0 bridgehead atoms. The third-order valence-electron chi connectivity index (χ3n) is 4.64. The van der Waals surface area contributed by atoms with Crippen LogP contribution in [0.3, 0.4) is 0 Å². The van der Waals surface area contributed by atoms with E-state index in [4.69, 9.17) is 14.6 Å². The van der Waals surface area contributed by atoms with Crippen molar-refractivity contribution in [3.63, 3.8) is 0 Å². The van der Waals surface area contributed by atoms with Crippen molar-refractivity contribution in [1.29, 1.82) is 0 Å². The van der Waals surface area contributed by atoms with Gasteiger partial charge in [-0.1, -0.05) is 0 Å². The molecule has 2 N–H and O–H groups in total. The number of piperidine rings is 1. The maximum absolute atomic E-state index is 12.0. The number of ether oxygens (including phenoxy) is 1. The molecule has 1 aromatic heterocycles. The monoisotopic (exact) mass is 353 g/mol. The van der Waals surface area contributed by atoms with Gasteiger partial charge >= 0.3 is 0 Å². The van der Waals surface area contributed by atoms with Crippen molar-refractivity contribution in [2.24, 2.45) is 0 Å². The summed E-state index contributed by atoms with van der Waals surface area (Å²) in [5, 5.41) is 14.0. The van der Waals surface area contributed by atoms with Crippen molar-refractivity contribution in [3.05, 3.63) is 12.7 Å². The van der Waals surface area contributed by atoms with Gasteiger partial charge in [0.1, 0.15) is 12.7 Å². The van der Waals surface area contributed by atoms with Gasteiger partial charge in [-0.3, -0.25) is 14.3 Å². The lowest BCUT2D eigenvalue weighted by molar-refractivity contribution is -0.123. The zero-order chi connectivity index (χ0) is 17.9. The summed E-state index contributed by atoms with van der Waals surface area (Å²) in [6, 6.07) is 0.997. The minimum absolute atomic E-state index is 0.111. The number of carbonyl (C=O) groups is 2. The SMILES string of the molecule is O=C(CCn1cncn1)NC1CCN(C2CCOCC2)CC1.O=CO. The van der Waals surface area contributed by atoms with E-state index >= 15 is 0 Å². The minimum Gasteiger partial charge on any atom is -0.483 e. The Morgan fingerprint density at radius 1 is 1.28 bits per heavy atom. The molecule has 2 saturated heterocycles. The lowest BCUT2D eigenvalue weighted by Gasteiger charge is -2.39. The highest BCUT2D eigenvalue weighted by molar-refractivity contribution is 5.76. The van der Waals surface area contributed by atoms with Crippen LogP contribution in [-0.2, 0) is 20.9 Å². The van der Waals surface area contributed by atoms with Crippen LogP contribution in [-0.4, -0.2) is 75.5 Å². The van der Waals surface area contributed by atoms with Crippen LogP contribution in [0, 0.1) is 0 Å². The van der Waals surface area contributed by atoms with E-state index in [9.17, 15) is 4.79 Å². The predicted molar refractivity (Wildman–Crippen MR) is 89.9 cm³/mol. The normalized spacial score (nSPS) is 19.7. The fraction of sp³-hybridized carbons (Fsp3) is 0.750. The van der Waals surface area contributed by atoms with Crippen LogP contribution in [0.1, 0.15) is 32.1 Å². The molecule has 140 valence electrons. The highest BCUT2D eigenvalue weighted by Gasteiger charge is 2.26. The molecule has 1 aromatic rings. The zero-order valence-electron chi connectivity index (χ0n) is 14.4. The first-order chi connectivity index (χ1) is 12.2. The number of carboxylic acid groups (broad SMARTS) is 1. The van der Waals surface area contributed by atoms with E-state index in [0.717, 1.165) is 52.0 Å². The summed E-state index contributed by atoms with van der Waals surface area (Å²) in [4.78, 5) is 26.8. The molecule has 0 radical (unpaired) electrons. The molecule has 0 aromatic carbocycles. The molecule has 0 spiro atoms. The summed E-state index contributed by atoms with van der Waals surface area (Å²) in [6.45, 7) is 4.29. The summed E-state index contributed by atoms with van der Waals surface area (Å²) >= 11 is 0. The Morgan fingerprint density at radius 3 is 2.56 bits per heavy atom. The van der Waals surface area contributed by atoms with E-state index in [1.165, 1.54) is 6.33 Å². The number of amides is 1. The molecule has 0 unspecified atom stereocenters. The molecular weight excluding hydrogens is 326 g/mol. The fourth-order valence-corrected chi connectivity index (χ4v) is 3.32. The number of nitrogens with zero attached hydrogens (tertiary/aromatic N) is 4. The maximum atomic E-state index is 12.0. The van der Waals surface area contributed by atoms with Crippen LogP contribution in [0.2, 0.25) is 0 Å². The molecule has 9 nitrogen and oxygen atoms in total. The van der Waals surface area contributed by atoms with Crippen LogP contribution < -0.4 is 5.32 Å². The Bertz CT molecular complexity index is 497. The first kappa shape index (κ1) is 19.3. The lowest BCUT2D eigenvalue weighted by atomic mass is 9.99. The molecule has 0 aliphatic carbocycles. The Labute approximate surface area is 147 Å². The molecule has 1 amide bonds. The van der Waals surface area contributed by atoms with Gasteiger partial charge in [0, 0.05) is 44.8 Å². The van der Waals surface area contributed by atoms with E-state index in [2.05, 4.69) is 20.3 Å². The van der Waals surface area contributed by atoms with Gasteiger partial charge in [-0.15, -0.1) is 0 Å². The Hall–Kier alpha value is -2.00. The molecule has 3 rings (SSSR count). The molecule has 0 saturated carbocycles. The van der Waals surface area contributed by atoms with Crippen molar-refractivity contribution in [1.82, 2.24) is 25.0 Å². The van der Waals surface area contributed by atoms with Crippen molar-refractivity contribution < 1.29 is 19.4 Å². The Kier molecular flexibility index (Phi) is 8.33. The number of likely N-dealkylation sites (tertiary alicyclic amines) is 1. The van der Waals surface area contributed by atoms with E-state index in [1.54, 1.807) is 11.0 Å². The van der Waals surface area contributed by atoms with Crippen molar-refractivity contribution >= 4 is 12.4 Å². The van der Waals surface area contributed by atoms with Gasteiger partial charge in [0.25, 0.3) is 6.47 Å². The van der Waals surface area contributed by atoms with Gasteiger partial charge in [0.15, 0.2) is 0 Å². The maximum Gasteiger partial charge on any atom is 0.290 e. The van der Waals surface area contributed by atoms with Gasteiger partial charge in [-0.25, -0.2) is 4.98 Å². The first-order valence-electron chi connectivity index (χ1n) is 8.74. The second kappa shape index (κ2) is 10.8. The molecule has 9 heteroatoms. The topological polar surface area (TPSA) is 110 Å². The standard InChI is InChI=1S/C15H25N5O2.CH2O2/c21-15(3-8-20-12-16-11-17-20)18-13-1-6-19(7-2-13)14-4-9-22-10-5-14;2-1-3/h11-14H,1-10H2,(H,18,21);1H,(H,2,3). The van der Waals surface area contributed by atoms with Gasteiger partial charge < -0.3 is 20.1 Å². The summed E-state index contributed by atoms with van der Waals surface area (Å²) in [5.41, 5.74) is 0. The summed E-state index contributed by atoms with van der Waals surface area (Å²) < 4.78 is 7.11. The third kappa shape index (κ3) is 6.79. The second-order valence-corrected chi connectivity index (χ2v) is 6.24. The highest BCUT2D eigenvalue weighted by Crippen LogP contribution is 2.19. The molecule has 2 aliphatic heterocycles. The number of rotatable bonds is 5. The molecular formula is C16H27N5O4. The van der Waals surface area contributed by atoms with E-state index < -0.39 is 0 Å². The fourth-order valence-electron chi connectivity index (χ4n) is 3.32. The van der Waals surface area contributed by atoms with Crippen molar-refractivity contribution in [2.45, 2.75) is 50.7 Å². The smallest absolute Gasteiger partial charge is 0.290 e. The number of nitrogens with one attached hydrogen (secondary N) is 1. The van der Waals surface area contributed by atoms with Gasteiger partial charge in [0.05, 0.1) is 6.54 Å². The number of carbonyl (C=O) groups excluding carboxylic acids is 1. The van der Waals surface area contributed by atoms with Crippen LogP contribution >= 0.6 is 0 Å². The Balaban J connectivity index is 0.000000701. The lowest BCUT2D eigenvalue weighted by Crippen LogP contribution is -2.49. The average Bonchev–Trinajstić information content (AvgIpc) is 3.16. The quantitative estimate of drug-likeness (QED) is 0.724. The first-order valence-corrected chi connectivity index (χ1v) is 8.74. The zero-order valence-corrected chi connectivity index (χ0v) is 14.4. The van der Waals surface area contributed by atoms with Gasteiger partial charge in [-0.05, 0) is 25.7 Å². The summed E-state index contributed by atoms with van der Waals surface area (Å²) in [7, 11) is 0. The number of aromatic nitrogens is 3. The van der Waals surface area contributed by atoms with Crippen LogP contribution in [0.5, 0.6) is 0 Å². The van der Waals surface area contributed by atoms with E-state index in [0.29, 0.717) is 25.0 Å². The molecule has 0 atom stereocenters. The summed E-state index contributed by atoms with van der Waals surface area (Å²) in [5.74, 6) is 0.111. The van der Waals surface area contributed by atoms with Crippen molar-refractivity contribution in [3.8, 4) is 0 Å². The predicted octanol–water partition coefficient (Wildman–Crippen LogP) is 0.129. The minimum atomic E-state index is -0.250. The molecule has 25 heavy (non-hydrogen) atoms. The van der Waals surface area contributed by atoms with Crippen LogP contribution in [0.25, 0.3) is 0 Å². The number of aryl methyl sites for hydroxylation is 1. The summed E-state index contributed by atoms with van der Waals surface area (Å²) in [6.07, 6.45) is 7.98. The van der Waals surface area contributed by atoms with E-state index in [1.807, 2.05) is 0 Å². The largest absolute Gasteiger partial charge is 0.483 e. The van der Waals surface area contributed by atoms with Gasteiger partial charge in [0.2, 0.25) is 5.91 Å². The highest BCUT2D eigenvalue weighted by atomic mass is 16.5. The molecule has 3 heterocycles. The average molecular weight is 353 g/mol. The van der Waals surface area contributed by atoms with Gasteiger partial charge in [-0.2, -0.15) is 5.10 Å². The molecule has 2 fully saturated rings. The Morgan fingerprint density at radius 2 is 1.96 bits per heavy atom. The second-order valence-electron chi connectivity index (χ2n) is 6.24.